The van der Waals surface area contributed by atoms with Crippen molar-refractivity contribution in [3.63, 3.8) is 0 Å². The molecule has 0 N–H and O–H groups in total. The second-order valence-electron chi connectivity index (χ2n) is 12.7. The SMILES string of the molecule is CCCCCCCCCCCCCCCCCC(=O)OCCOCCOCCOCCOCCOCCOC(=O)CCCCCCCC. The number of carbonyl (C=O) groups is 2. The molecule has 9 heteroatoms. The molecule has 0 saturated heterocycles. The quantitative estimate of drug-likeness (QED) is 0.0460. The fraction of sp³-hybridized carbons (Fsp3) is 0.949. The van der Waals surface area contributed by atoms with Crippen LogP contribution in [0.5, 0.6) is 0 Å². The van der Waals surface area contributed by atoms with Gasteiger partial charge < -0.3 is 33.2 Å². The fourth-order valence-electron chi connectivity index (χ4n) is 5.25. The predicted octanol–water partition coefficient (Wildman–Crippen LogP) is 9.17. The van der Waals surface area contributed by atoms with Gasteiger partial charge in [-0.05, 0) is 12.8 Å². The van der Waals surface area contributed by atoms with Crippen molar-refractivity contribution < 1.29 is 42.7 Å². The normalized spacial score (nSPS) is 11.3. The summed E-state index contributed by atoms with van der Waals surface area (Å²) < 4.78 is 37.8. The van der Waals surface area contributed by atoms with Gasteiger partial charge in [0.2, 0.25) is 0 Å². The number of hydrogen-bond donors (Lipinski definition) is 0. The number of esters is 2. The molecule has 0 aliphatic heterocycles. The summed E-state index contributed by atoms with van der Waals surface area (Å²) in [5.74, 6) is -0.271. The molecule has 0 aromatic heterocycles. The lowest BCUT2D eigenvalue weighted by molar-refractivity contribution is -0.146. The molecule has 0 rings (SSSR count). The Kier molecular flexibility index (Phi) is 40.8. The average molecular weight is 689 g/mol. The first-order valence-corrected chi connectivity index (χ1v) is 19.9. The Morgan fingerprint density at radius 1 is 0.292 bits per heavy atom. The monoisotopic (exact) mass is 689 g/mol. The molecule has 0 heterocycles. The minimum atomic E-state index is -0.141. The summed E-state index contributed by atoms with van der Waals surface area (Å²) in [6.45, 7) is 9.61. The third-order valence-corrected chi connectivity index (χ3v) is 8.19. The molecule has 0 amide bonds. The zero-order chi connectivity index (χ0) is 34.9. The summed E-state index contributed by atoms with van der Waals surface area (Å²) in [4.78, 5) is 23.6. The number of unbranched alkanes of at least 4 members (excludes halogenated alkanes) is 19. The topological polar surface area (TPSA) is 98.8 Å². The van der Waals surface area contributed by atoms with Gasteiger partial charge in [0.25, 0.3) is 0 Å². The smallest absolute Gasteiger partial charge is 0.305 e. The van der Waals surface area contributed by atoms with Crippen molar-refractivity contribution >= 4 is 11.9 Å². The lowest BCUT2D eigenvalue weighted by Crippen LogP contribution is -2.15. The summed E-state index contributed by atoms with van der Waals surface area (Å²) in [6, 6.07) is 0. The summed E-state index contributed by atoms with van der Waals surface area (Å²) in [6.07, 6.45) is 27.7. The zero-order valence-electron chi connectivity index (χ0n) is 31.4. The van der Waals surface area contributed by atoms with Crippen LogP contribution in [0.25, 0.3) is 0 Å². The summed E-state index contributed by atoms with van der Waals surface area (Å²) in [5.41, 5.74) is 0. The van der Waals surface area contributed by atoms with E-state index in [9.17, 15) is 9.59 Å². The van der Waals surface area contributed by atoms with Crippen LogP contribution in [-0.4, -0.2) is 91.2 Å². The van der Waals surface area contributed by atoms with E-state index in [0.29, 0.717) is 85.5 Å². The highest BCUT2D eigenvalue weighted by Gasteiger charge is 2.04. The molecule has 0 aliphatic rings. The van der Waals surface area contributed by atoms with E-state index >= 15 is 0 Å². The highest BCUT2D eigenvalue weighted by molar-refractivity contribution is 5.69. The molecule has 0 radical (unpaired) electrons. The van der Waals surface area contributed by atoms with Crippen molar-refractivity contribution in [1.29, 1.82) is 0 Å². The summed E-state index contributed by atoms with van der Waals surface area (Å²) in [5, 5.41) is 0. The predicted molar refractivity (Wildman–Crippen MR) is 194 cm³/mol. The Morgan fingerprint density at radius 2 is 0.500 bits per heavy atom. The van der Waals surface area contributed by atoms with Crippen molar-refractivity contribution in [3.8, 4) is 0 Å². The van der Waals surface area contributed by atoms with E-state index in [0.717, 1.165) is 25.7 Å². The van der Waals surface area contributed by atoms with Gasteiger partial charge in [-0.15, -0.1) is 0 Å². The molecule has 0 aromatic carbocycles. The highest BCUT2D eigenvalue weighted by Crippen LogP contribution is 2.14. The Labute approximate surface area is 295 Å². The maximum atomic E-state index is 11.9. The van der Waals surface area contributed by atoms with Crippen LogP contribution in [-0.2, 0) is 42.7 Å². The molecular formula is C39H76O9. The van der Waals surface area contributed by atoms with E-state index < -0.39 is 0 Å². The number of carbonyl (C=O) groups excluding carboxylic acids is 2. The van der Waals surface area contributed by atoms with E-state index in [4.69, 9.17) is 33.2 Å². The molecule has 0 unspecified atom stereocenters. The first-order chi connectivity index (χ1) is 23.7. The first-order valence-electron chi connectivity index (χ1n) is 19.9. The number of ether oxygens (including phenoxy) is 7. The van der Waals surface area contributed by atoms with Crippen LogP contribution >= 0.6 is 0 Å². The Hall–Kier alpha value is -1.26. The minimum absolute atomic E-state index is 0.130. The van der Waals surface area contributed by atoms with Gasteiger partial charge in [0.1, 0.15) is 13.2 Å². The van der Waals surface area contributed by atoms with Crippen molar-refractivity contribution in [2.24, 2.45) is 0 Å². The van der Waals surface area contributed by atoms with Gasteiger partial charge >= 0.3 is 11.9 Å². The molecule has 0 fully saturated rings. The Balaban J connectivity index is 3.18. The van der Waals surface area contributed by atoms with Crippen LogP contribution in [0.2, 0.25) is 0 Å². The van der Waals surface area contributed by atoms with E-state index in [2.05, 4.69) is 13.8 Å². The lowest BCUT2D eigenvalue weighted by atomic mass is 10.0. The molecule has 0 bridgehead atoms. The van der Waals surface area contributed by atoms with Crippen LogP contribution in [0.3, 0.4) is 0 Å². The molecule has 0 saturated carbocycles. The van der Waals surface area contributed by atoms with Crippen LogP contribution in [0, 0.1) is 0 Å². The zero-order valence-corrected chi connectivity index (χ0v) is 31.4. The highest BCUT2D eigenvalue weighted by atomic mass is 16.6. The van der Waals surface area contributed by atoms with E-state index in [-0.39, 0.29) is 18.5 Å². The maximum absolute atomic E-state index is 11.9. The van der Waals surface area contributed by atoms with Crippen molar-refractivity contribution in [1.82, 2.24) is 0 Å². The van der Waals surface area contributed by atoms with Crippen LogP contribution < -0.4 is 0 Å². The van der Waals surface area contributed by atoms with Gasteiger partial charge in [-0.3, -0.25) is 9.59 Å². The van der Waals surface area contributed by atoms with E-state index in [1.165, 1.54) is 109 Å². The Morgan fingerprint density at radius 3 is 0.750 bits per heavy atom. The van der Waals surface area contributed by atoms with E-state index in [1.54, 1.807) is 0 Å². The molecule has 0 atom stereocenters. The average Bonchev–Trinajstić information content (AvgIpc) is 3.09. The largest absolute Gasteiger partial charge is 0.463 e. The van der Waals surface area contributed by atoms with Crippen LogP contribution in [0.15, 0.2) is 0 Å². The number of hydrogen-bond acceptors (Lipinski definition) is 9. The molecule has 0 spiro atoms. The standard InChI is InChI=1S/C39H76O9/c1-3-5-7-9-11-12-13-14-15-16-17-18-19-21-23-25-39(41)48-37-35-46-33-31-44-29-27-42-26-28-43-30-32-45-34-36-47-38(40)24-22-20-10-8-6-4-2/h3-37H2,1-2H3. The summed E-state index contributed by atoms with van der Waals surface area (Å²) in [7, 11) is 0. The Bertz CT molecular complexity index is 647. The maximum Gasteiger partial charge on any atom is 0.305 e. The van der Waals surface area contributed by atoms with Gasteiger partial charge in [0, 0.05) is 12.8 Å². The molecule has 48 heavy (non-hydrogen) atoms. The lowest BCUT2D eigenvalue weighted by Gasteiger charge is -2.08. The van der Waals surface area contributed by atoms with Gasteiger partial charge in [-0.25, -0.2) is 0 Å². The number of rotatable bonds is 41. The van der Waals surface area contributed by atoms with Crippen molar-refractivity contribution in [2.45, 2.75) is 162 Å². The van der Waals surface area contributed by atoms with Crippen molar-refractivity contribution in [2.75, 3.05) is 79.3 Å². The second kappa shape index (κ2) is 41.9. The van der Waals surface area contributed by atoms with Gasteiger partial charge in [-0.2, -0.15) is 0 Å². The van der Waals surface area contributed by atoms with E-state index in [1.807, 2.05) is 0 Å². The third-order valence-electron chi connectivity index (χ3n) is 8.19. The van der Waals surface area contributed by atoms with Gasteiger partial charge in [0.15, 0.2) is 0 Å². The van der Waals surface area contributed by atoms with Gasteiger partial charge in [-0.1, -0.05) is 136 Å². The molecule has 286 valence electrons. The van der Waals surface area contributed by atoms with Gasteiger partial charge in [0.05, 0.1) is 66.1 Å². The molecule has 0 aromatic rings. The third kappa shape index (κ3) is 40.9. The van der Waals surface area contributed by atoms with Crippen LogP contribution in [0.4, 0.5) is 0 Å². The first kappa shape index (κ1) is 46.7. The summed E-state index contributed by atoms with van der Waals surface area (Å²) >= 11 is 0. The molecule has 0 aliphatic carbocycles. The minimum Gasteiger partial charge on any atom is -0.463 e. The van der Waals surface area contributed by atoms with Crippen LogP contribution in [0.1, 0.15) is 162 Å². The van der Waals surface area contributed by atoms with Crippen molar-refractivity contribution in [3.05, 3.63) is 0 Å². The molecular weight excluding hydrogens is 612 g/mol. The molecule has 9 nitrogen and oxygen atoms in total. The fourth-order valence-corrected chi connectivity index (χ4v) is 5.25. The second-order valence-corrected chi connectivity index (χ2v) is 12.7.